The minimum atomic E-state index is 0.0357. The van der Waals surface area contributed by atoms with Gasteiger partial charge in [0.2, 0.25) is 0 Å². The topological polar surface area (TPSA) is 47.0 Å². The molecule has 2 rings (SSSR count). The number of ether oxygens (including phenoxy) is 1. The van der Waals surface area contributed by atoms with Crippen LogP contribution in [0.5, 0.6) is 0 Å². The van der Waals surface area contributed by atoms with Gasteiger partial charge in [-0.05, 0) is 19.9 Å². The third-order valence-electron chi connectivity index (χ3n) is 2.41. The third kappa shape index (κ3) is 2.27. The van der Waals surface area contributed by atoms with Crippen molar-refractivity contribution in [2.45, 2.75) is 25.6 Å². The molecule has 0 saturated carbocycles. The van der Waals surface area contributed by atoms with Crippen LogP contribution in [0, 0.1) is 0 Å². The smallest absolute Gasteiger partial charge is 0.0986 e. The number of hydrogen-bond acceptors (Lipinski definition) is 4. The van der Waals surface area contributed by atoms with E-state index in [2.05, 4.69) is 15.3 Å². The van der Waals surface area contributed by atoms with Crippen molar-refractivity contribution in [1.82, 2.24) is 15.3 Å². The Labute approximate surface area is 83.7 Å². The molecule has 2 heterocycles. The van der Waals surface area contributed by atoms with E-state index >= 15 is 0 Å². The summed E-state index contributed by atoms with van der Waals surface area (Å²) in [5.74, 6) is 0. The molecule has 4 nitrogen and oxygen atoms in total. The Balaban J connectivity index is 1.92. The van der Waals surface area contributed by atoms with Crippen LogP contribution in [0.15, 0.2) is 18.6 Å². The zero-order valence-electron chi connectivity index (χ0n) is 8.31. The van der Waals surface area contributed by atoms with E-state index in [1.165, 1.54) is 0 Å². The van der Waals surface area contributed by atoms with Crippen molar-refractivity contribution in [2.24, 2.45) is 0 Å². The second-order valence-corrected chi connectivity index (χ2v) is 3.52. The van der Waals surface area contributed by atoms with Crippen molar-refractivity contribution in [2.75, 3.05) is 13.1 Å². The number of rotatable bonds is 3. The third-order valence-corrected chi connectivity index (χ3v) is 2.41. The fraction of sp³-hybridized carbons (Fsp3) is 0.600. The highest BCUT2D eigenvalue weighted by molar-refractivity contribution is 4.98. The van der Waals surface area contributed by atoms with Gasteiger partial charge in [0.1, 0.15) is 0 Å². The molecule has 4 heteroatoms. The SMILES string of the molecule is CC(O[C@@H]1CCNC1)c1cnccn1. The zero-order chi connectivity index (χ0) is 9.80. The van der Waals surface area contributed by atoms with Gasteiger partial charge in [0, 0.05) is 18.9 Å². The van der Waals surface area contributed by atoms with Crippen LogP contribution in [0.2, 0.25) is 0 Å². The van der Waals surface area contributed by atoms with E-state index in [9.17, 15) is 0 Å². The number of hydrogen-bond donors (Lipinski definition) is 1. The molecule has 1 aromatic heterocycles. The molecule has 1 fully saturated rings. The lowest BCUT2D eigenvalue weighted by Gasteiger charge is -2.16. The summed E-state index contributed by atoms with van der Waals surface area (Å²) in [5, 5.41) is 3.27. The molecular formula is C10H15N3O. The largest absolute Gasteiger partial charge is 0.368 e. The van der Waals surface area contributed by atoms with Crippen LogP contribution in [0.25, 0.3) is 0 Å². The van der Waals surface area contributed by atoms with Crippen LogP contribution in [0.1, 0.15) is 25.1 Å². The maximum absolute atomic E-state index is 5.83. The fourth-order valence-corrected chi connectivity index (χ4v) is 1.62. The van der Waals surface area contributed by atoms with Crippen molar-refractivity contribution in [3.63, 3.8) is 0 Å². The normalized spacial score (nSPS) is 23.6. The van der Waals surface area contributed by atoms with E-state index in [4.69, 9.17) is 4.74 Å². The van der Waals surface area contributed by atoms with Crippen molar-refractivity contribution in [3.8, 4) is 0 Å². The Morgan fingerprint density at radius 2 is 2.50 bits per heavy atom. The molecule has 1 aliphatic rings. The molecule has 0 amide bonds. The van der Waals surface area contributed by atoms with Crippen molar-refractivity contribution >= 4 is 0 Å². The van der Waals surface area contributed by atoms with Crippen molar-refractivity contribution in [3.05, 3.63) is 24.3 Å². The van der Waals surface area contributed by atoms with Crippen LogP contribution in [-0.4, -0.2) is 29.2 Å². The van der Waals surface area contributed by atoms with E-state index in [-0.39, 0.29) is 6.10 Å². The summed E-state index contributed by atoms with van der Waals surface area (Å²) in [6.07, 6.45) is 6.58. The number of nitrogens with zero attached hydrogens (tertiary/aromatic N) is 2. The van der Waals surface area contributed by atoms with Gasteiger partial charge in [-0.25, -0.2) is 0 Å². The van der Waals surface area contributed by atoms with Crippen LogP contribution >= 0.6 is 0 Å². The molecule has 1 N–H and O–H groups in total. The van der Waals surface area contributed by atoms with Crippen molar-refractivity contribution < 1.29 is 4.74 Å². The molecule has 14 heavy (non-hydrogen) atoms. The second kappa shape index (κ2) is 4.48. The first-order valence-electron chi connectivity index (χ1n) is 4.98. The zero-order valence-corrected chi connectivity index (χ0v) is 8.31. The predicted octanol–water partition coefficient (Wildman–Crippen LogP) is 0.916. The minimum Gasteiger partial charge on any atom is -0.368 e. The van der Waals surface area contributed by atoms with Gasteiger partial charge in [-0.3, -0.25) is 9.97 Å². The molecule has 1 saturated heterocycles. The van der Waals surface area contributed by atoms with Gasteiger partial charge in [-0.15, -0.1) is 0 Å². The molecule has 1 aromatic rings. The molecule has 0 spiro atoms. The molecule has 1 unspecified atom stereocenters. The second-order valence-electron chi connectivity index (χ2n) is 3.52. The highest BCUT2D eigenvalue weighted by Gasteiger charge is 2.18. The summed E-state index contributed by atoms with van der Waals surface area (Å²) < 4.78 is 5.83. The standard InChI is InChI=1S/C10H15N3O/c1-8(10-7-12-4-5-13-10)14-9-2-3-11-6-9/h4-5,7-9,11H,2-3,6H2,1H3/t8?,9-/m1/s1. The van der Waals surface area contributed by atoms with Gasteiger partial charge in [0.15, 0.2) is 0 Å². The predicted molar refractivity (Wildman–Crippen MR) is 52.8 cm³/mol. The Morgan fingerprint density at radius 1 is 1.57 bits per heavy atom. The Kier molecular flexibility index (Phi) is 3.06. The average Bonchev–Trinajstić information content (AvgIpc) is 2.72. The van der Waals surface area contributed by atoms with E-state index < -0.39 is 0 Å². The van der Waals surface area contributed by atoms with Gasteiger partial charge < -0.3 is 10.1 Å². The highest BCUT2D eigenvalue weighted by Crippen LogP contribution is 2.17. The van der Waals surface area contributed by atoms with E-state index in [1.54, 1.807) is 18.6 Å². The first-order valence-corrected chi connectivity index (χ1v) is 4.98. The van der Waals surface area contributed by atoms with Crippen LogP contribution in [0.4, 0.5) is 0 Å². The summed E-state index contributed by atoms with van der Waals surface area (Å²) in [7, 11) is 0. The summed E-state index contributed by atoms with van der Waals surface area (Å²) >= 11 is 0. The van der Waals surface area contributed by atoms with E-state index in [1.807, 2.05) is 6.92 Å². The van der Waals surface area contributed by atoms with Crippen LogP contribution in [-0.2, 0) is 4.74 Å². The molecular weight excluding hydrogens is 178 g/mol. The lowest BCUT2D eigenvalue weighted by Crippen LogP contribution is -2.19. The maximum Gasteiger partial charge on any atom is 0.0986 e. The number of nitrogens with one attached hydrogen (secondary N) is 1. The Morgan fingerprint density at radius 3 is 3.14 bits per heavy atom. The lowest BCUT2D eigenvalue weighted by molar-refractivity contribution is 0.00582. The van der Waals surface area contributed by atoms with E-state index in [0.29, 0.717) is 6.10 Å². The van der Waals surface area contributed by atoms with Gasteiger partial charge in [0.05, 0.1) is 24.1 Å². The fourth-order valence-electron chi connectivity index (χ4n) is 1.62. The molecule has 0 aliphatic carbocycles. The van der Waals surface area contributed by atoms with Gasteiger partial charge >= 0.3 is 0 Å². The molecule has 76 valence electrons. The van der Waals surface area contributed by atoms with Gasteiger partial charge in [0.25, 0.3) is 0 Å². The molecule has 1 aliphatic heterocycles. The summed E-state index contributed by atoms with van der Waals surface area (Å²) in [6.45, 7) is 4.02. The van der Waals surface area contributed by atoms with Crippen LogP contribution < -0.4 is 5.32 Å². The van der Waals surface area contributed by atoms with Gasteiger partial charge in [-0.2, -0.15) is 0 Å². The molecule has 0 radical (unpaired) electrons. The first-order chi connectivity index (χ1) is 6.86. The first kappa shape index (κ1) is 9.55. The summed E-state index contributed by atoms with van der Waals surface area (Å²) in [4.78, 5) is 8.24. The summed E-state index contributed by atoms with van der Waals surface area (Å²) in [6, 6.07) is 0. The molecule has 0 aromatic carbocycles. The molecule has 2 atom stereocenters. The van der Waals surface area contributed by atoms with E-state index in [0.717, 1.165) is 25.2 Å². The highest BCUT2D eigenvalue weighted by atomic mass is 16.5. The average molecular weight is 193 g/mol. The minimum absolute atomic E-state index is 0.0357. The Bertz CT molecular complexity index is 272. The van der Waals surface area contributed by atoms with Crippen LogP contribution in [0.3, 0.4) is 0 Å². The van der Waals surface area contributed by atoms with Gasteiger partial charge in [-0.1, -0.05) is 0 Å². The molecule has 0 bridgehead atoms. The maximum atomic E-state index is 5.83. The lowest BCUT2D eigenvalue weighted by atomic mass is 10.2. The quantitative estimate of drug-likeness (QED) is 0.775. The number of aromatic nitrogens is 2. The summed E-state index contributed by atoms with van der Waals surface area (Å²) in [5.41, 5.74) is 0.902. The monoisotopic (exact) mass is 193 g/mol. The van der Waals surface area contributed by atoms with Crippen molar-refractivity contribution in [1.29, 1.82) is 0 Å². The Hall–Kier alpha value is -1.00.